The van der Waals surface area contributed by atoms with Crippen LogP contribution in [-0.2, 0) is 9.59 Å². The summed E-state index contributed by atoms with van der Waals surface area (Å²) in [7, 11) is 0. The molecule has 0 saturated carbocycles. The van der Waals surface area contributed by atoms with Gasteiger partial charge in [-0.1, -0.05) is 6.07 Å². The summed E-state index contributed by atoms with van der Waals surface area (Å²) < 4.78 is 0. The average Bonchev–Trinajstić information content (AvgIpc) is 2.97. The number of aliphatic hydroxyl groups excluding tert-OH is 1. The number of amides is 2. The number of rotatable bonds is 4. The van der Waals surface area contributed by atoms with Gasteiger partial charge < -0.3 is 15.3 Å². The van der Waals surface area contributed by atoms with Crippen molar-refractivity contribution >= 4 is 23.2 Å². The molecule has 2 heterocycles. The van der Waals surface area contributed by atoms with Crippen molar-refractivity contribution in [1.29, 1.82) is 0 Å². The Bertz CT molecular complexity index is 447. The molecule has 0 aromatic carbocycles. The van der Waals surface area contributed by atoms with Crippen molar-refractivity contribution in [3.05, 3.63) is 22.4 Å². The predicted molar refractivity (Wildman–Crippen MR) is 72.7 cm³/mol. The van der Waals surface area contributed by atoms with E-state index in [1.54, 1.807) is 4.90 Å². The van der Waals surface area contributed by atoms with Crippen molar-refractivity contribution < 1.29 is 14.7 Å². The lowest BCUT2D eigenvalue weighted by Gasteiger charge is -2.21. The molecule has 1 saturated heterocycles. The minimum atomic E-state index is -0.412. The number of nitrogens with one attached hydrogen (secondary N) is 1. The number of hydrogen-bond acceptors (Lipinski definition) is 4. The summed E-state index contributed by atoms with van der Waals surface area (Å²) in [5.41, 5.74) is 0. The first-order chi connectivity index (χ1) is 9.06. The summed E-state index contributed by atoms with van der Waals surface area (Å²) in [5, 5.41) is 14.2. The normalized spacial score (nSPS) is 20.3. The van der Waals surface area contributed by atoms with Gasteiger partial charge in [-0.25, -0.2) is 0 Å². The van der Waals surface area contributed by atoms with Crippen LogP contribution in [0.15, 0.2) is 17.5 Å². The van der Waals surface area contributed by atoms with Crippen LogP contribution in [0.1, 0.15) is 30.7 Å². The number of carbonyl (C=O) groups is 2. The summed E-state index contributed by atoms with van der Waals surface area (Å²) in [6.45, 7) is 2.44. The number of thiophene rings is 1. The van der Waals surface area contributed by atoms with Gasteiger partial charge in [-0.2, -0.15) is 0 Å². The van der Waals surface area contributed by atoms with Gasteiger partial charge in [0.1, 0.15) is 0 Å². The number of nitrogens with zero attached hydrogens (tertiary/aromatic N) is 1. The molecule has 2 N–H and O–H groups in total. The van der Waals surface area contributed by atoms with E-state index < -0.39 is 6.10 Å². The lowest BCUT2D eigenvalue weighted by Crippen LogP contribution is -2.34. The average molecular weight is 282 g/mol. The van der Waals surface area contributed by atoms with E-state index in [1.165, 1.54) is 18.3 Å². The maximum absolute atomic E-state index is 12.1. The van der Waals surface area contributed by atoms with Crippen molar-refractivity contribution in [3.63, 3.8) is 0 Å². The summed E-state index contributed by atoms with van der Waals surface area (Å²) in [6.07, 6.45) is 0.465. The van der Waals surface area contributed by atoms with Crippen LogP contribution < -0.4 is 5.32 Å². The number of aliphatic hydroxyl groups is 1. The fourth-order valence-electron chi connectivity index (χ4n) is 2.23. The summed E-state index contributed by atoms with van der Waals surface area (Å²) >= 11 is 1.52. The molecule has 1 unspecified atom stereocenters. The molecule has 0 radical (unpaired) electrons. The third-order valence-corrected chi connectivity index (χ3v) is 4.14. The Morgan fingerprint density at radius 1 is 1.63 bits per heavy atom. The Kier molecular flexibility index (Phi) is 4.55. The van der Waals surface area contributed by atoms with Crippen molar-refractivity contribution in [1.82, 2.24) is 10.2 Å². The quantitative estimate of drug-likeness (QED) is 0.862. The molecule has 5 nitrogen and oxygen atoms in total. The summed E-state index contributed by atoms with van der Waals surface area (Å²) in [4.78, 5) is 26.0. The minimum absolute atomic E-state index is 0.0244. The molecule has 2 amide bonds. The van der Waals surface area contributed by atoms with Crippen LogP contribution in [0.25, 0.3) is 0 Å². The van der Waals surface area contributed by atoms with E-state index in [-0.39, 0.29) is 24.3 Å². The number of carbonyl (C=O) groups excluding carboxylic acids is 2. The van der Waals surface area contributed by atoms with Crippen LogP contribution in [-0.4, -0.2) is 41.0 Å². The molecule has 0 aliphatic carbocycles. The zero-order valence-electron chi connectivity index (χ0n) is 10.8. The lowest BCUT2D eigenvalue weighted by molar-refractivity contribution is -0.131. The third-order valence-electron chi connectivity index (χ3n) is 3.16. The molecule has 1 aliphatic heterocycles. The highest BCUT2D eigenvalue weighted by molar-refractivity contribution is 7.10. The Morgan fingerprint density at radius 3 is 2.95 bits per heavy atom. The minimum Gasteiger partial charge on any atom is -0.391 e. The Morgan fingerprint density at radius 2 is 2.42 bits per heavy atom. The molecule has 1 fully saturated rings. The maximum Gasteiger partial charge on any atom is 0.225 e. The fourth-order valence-corrected chi connectivity index (χ4v) is 3.01. The molecule has 19 heavy (non-hydrogen) atoms. The first-order valence-electron chi connectivity index (χ1n) is 6.32. The predicted octanol–water partition coefficient (Wildman–Crippen LogP) is 0.909. The van der Waals surface area contributed by atoms with Crippen molar-refractivity contribution in [2.45, 2.75) is 31.9 Å². The number of β-amino-alcohol motifs (C(OH)–C–C–N with tert-alkyl or cyclic N) is 1. The highest BCUT2D eigenvalue weighted by atomic mass is 32.1. The van der Waals surface area contributed by atoms with Crippen LogP contribution >= 0.6 is 11.3 Å². The van der Waals surface area contributed by atoms with Crippen LogP contribution in [0, 0.1) is 0 Å². The molecule has 104 valence electrons. The van der Waals surface area contributed by atoms with E-state index in [0.29, 0.717) is 19.5 Å². The largest absolute Gasteiger partial charge is 0.391 e. The molecular weight excluding hydrogens is 264 g/mol. The Hall–Kier alpha value is -1.40. The fraction of sp³-hybridized carbons (Fsp3) is 0.538. The molecule has 2 rings (SSSR count). The third kappa shape index (κ3) is 3.78. The van der Waals surface area contributed by atoms with Crippen LogP contribution in [0.5, 0.6) is 0 Å². The van der Waals surface area contributed by atoms with E-state index in [9.17, 15) is 14.7 Å². The van der Waals surface area contributed by atoms with Gasteiger partial charge in [-0.3, -0.25) is 9.59 Å². The van der Waals surface area contributed by atoms with Gasteiger partial charge in [-0.05, 0) is 17.9 Å². The second-order valence-corrected chi connectivity index (χ2v) is 5.73. The van der Waals surface area contributed by atoms with E-state index >= 15 is 0 Å². The zero-order valence-corrected chi connectivity index (χ0v) is 11.7. The molecule has 2 atom stereocenters. The molecule has 0 spiro atoms. The second-order valence-electron chi connectivity index (χ2n) is 4.75. The van der Waals surface area contributed by atoms with Gasteiger partial charge in [0.25, 0.3) is 0 Å². The highest BCUT2D eigenvalue weighted by Crippen LogP contribution is 2.23. The first-order valence-corrected chi connectivity index (χ1v) is 7.20. The molecule has 6 heteroatoms. The molecule has 0 bridgehead atoms. The highest BCUT2D eigenvalue weighted by Gasteiger charge is 2.27. The summed E-state index contributed by atoms with van der Waals surface area (Å²) in [5.74, 6) is -0.170. The monoisotopic (exact) mass is 282 g/mol. The van der Waals surface area contributed by atoms with E-state index in [2.05, 4.69) is 5.32 Å². The van der Waals surface area contributed by atoms with Crippen LogP contribution in [0.4, 0.5) is 0 Å². The number of likely N-dealkylation sites (tertiary alicyclic amines) is 1. The molecule has 1 aliphatic rings. The second kappa shape index (κ2) is 6.16. The molecular formula is C13H18N2O3S. The summed E-state index contributed by atoms with van der Waals surface area (Å²) in [6, 6.07) is 3.54. The smallest absolute Gasteiger partial charge is 0.225 e. The van der Waals surface area contributed by atoms with Crippen molar-refractivity contribution in [2.75, 3.05) is 13.1 Å². The molecule has 1 aromatic heterocycles. The Labute approximate surface area is 116 Å². The van der Waals surface area contributed by atoms with Crippen molar-refractivity contribution in [2.24, 2.45) is 0 Å². The van der Waals surface area contributed by atoms with Crippen LogP contribution in [0.2, 0.25) is 0 Å². The lowest BCUT2D eigenvalue weighted by atomic mass is 10.1. The zero-order chi connectivity index (χ0) is 13.8. The first kappa shape index (κ1) is 14.0. The standard InChI is InChI=1S/C13H18N2O3S/c1-9(16)14-11(12-3-2-6-19-12)7-13(18)15-5-4-10(17)8-15/h2-3,6,10-11,17H,4-5,7-8H2,1H3,(H,14,16)/t10-,11?/m0/s1. The van der Waals surface area contributed by atoms with Gasteiger partial charge in [0.15, 0.2) is 0 Å². The van der Waals surface area contributed by atoms with Gasteiger partial charge in [0.05, 0.1) is 18.6 Å². The van der Waals surface area contributed by atoms with Crippen molar-refractivity contribution in [3.8, 4) is 0 Å². The van der Waals surface area contributed by atoms with Gasteiger partial charge in [0, 0.05) is 24.9 Å². The van der Waals surface area contributed by atoms with E-state index in [0.717, 1.165) is 4.88 Å². The van der Waals surface area contributed by atoms with Gasteiger partial charge >= 0.3 is 0 Å². The van der Waals surface area contributed by atoms with E-state index in [1.807, 2.05) is 17.5 Å². The maximum atomic E-state index is 12.1. The number of hydrogen-bond donors (Lipinski definition) is 2. The SMILES string of the molecule is CC(=O)NC(CC(=O)N1CC[C@H](O)C1)c1cccs1. The topological polar surface area (TPSA) is 69.6 Å². The van der Waals surface area contributed by atoms with Gasteiger partial charge in [0.2, 0.25) is 11.8 Å². The molecule has 1 aromatic rings. The van der Waals surface area contributed by atoms with E-state index in [4.69, 9.17) is 0 Å². The van der Waals surface area contributed by atoms with Gasteiger partial charge in [-0.15, -0.1) is 11.3 Å². The van der Waals surface area contributed by atoms with Crippen LogP contribution in [0.3, 0.4) is 0 Å². The Balaban J connectivity index is 1.99.